The lowest BCUT2D eigenvalue weighted by atomic mass is 10.1. The van der Waals surface area contributed by atoms with Crippen LogP contribution in [0.5, 0.6) is 0 Å². The molecule has 0 fully saturated rings. The molecule has 0 unspecified atom stereocenters. The first-order chi connectivity index (χ1) is 7.77. The maximum Gasteiger partial charge on any atom is 0.217 e. The molecule has 0 spiro atoms. The summed E-state index contributed by atoms with van der Waals surface area (Å²) < 4.78 is 2.35. The second-order valence-corrected chi connectivity index (χ2v) is 5.07. The Hall–Kier alpha value is -1.32. The van der Waals surface area contributed by atoms with E-state index in [0.29, 0.717) is 5.56 Å². The van der Waals surface area contributed by atoms with Gasteiger partial charge in [-0.2, -0.15) is 0 Å². The zero-order valence-electron chi connectivity index (χ0n) is 8.31. The maximum atomic E-state index is 11.5. The molecular formula is C13H8OS2. The lowest BCUT2D eigenvalue weighted by Crippen LogP contribution is -1.88. The quantitative estimate of drug-likeness (QED) is 0.637. The van der Waals surface area contributed by atoms with Crippen LogP contribution in [0.3, 0.4) is 0 Å². The molecular weight excluding hydrogens is 236 g/mol. The van der Waals surface area contributed by atoms with Gasteiger partial charge < -0.3 is 0 Å². The lowest BCUT2D eigenvalue weighted by Gasteiger charge is -1.97. The third-order valence-electron chi connectivity index (χ3n) is 2.63. The molecule has 3 heteroatoms. The summed E-state index contributed by atoms with van der Waals surface area (Å²) in [4.78, 5) is 11.5. The number of hydrogen-bond acceptors (Lipinski definition) is 2. The van der Waals surface area contributed by atoms with Gasteiger partial charge in [-0.05, 0) is 18.2 Å². The standard InChI is InChI=1S/C13H8OS2/c14-13(15)9-5-3-7-11-12(9)8-4-1-2-6-10(8)16-11/h1-7H,(H,14,15). The number of rotatable bonds is 1. The van der Waals surface area contributed by atoms with E-state index in [0.717, 1.165) is 15.5 Å². The van der Waals surface area contributed by atoms with Crippen LogP contribution in [-0.2, 0) is 0 Å². The van der Waals surface area contributed by atoms with Gasteiger partial charge in [0.15, 0.2) is 0 Å². The maximum absolute atomic E-state index is 11.5. The van der Waals surface area contributed by atoms with Crippen LogP contribution in [0.1, 0.15) is 10.4 Å². The van der Waals surface area contributed by atoms with E-state index < -0.39 is 0 Å². The minimum absolute atomic E-state index is 0.172. The number of thiophene rings is 1. The highest BCUT2D eigenvalue weighted by Crippen LogP contribution is 2.35. The molecule has 0 bridgehead atoms. The summed E-state index contributed by atoms with van der Waals surface area (Å²) in [6.07, 6.45) is 0. The minimum Gasteiger partial charge on any atom is -0.282 e. The molecule has 0 aliphatic heterocycles. The van der Waals surface area contributed by atoms with E-state index in [-0.39, 0.29) is 5.12 Å². The average Bonchev–Trinajstić information content (AvgIpc) is 2.66. The fourth-order valence-corrected chi connectivity index (χ4v) is 3.27. The van der Waals surface area contributed by atoms with E-state index in [1.807, 2.05) is 36.4 Å². The summed E-state index contributed by atoms with van der Waals surface area (Å²) in [5.41, 5.74) is 0.693. The first-order valence-corrected chi connectivity index (χ1v) is 6.17. The predicted octanol–water partition coefficient (Wildman–Crippen LogP) is 4.12. The van der Waals surface area contributed by atoms with Crippen LogP contribution < -0.4 is 0 Å². The van der Waals surface area contributed by atoms with Gasteiger partial charge in [-0.3, -0.25) is 4.79 Å². The van der Waals surface area contributed by atoms with Crippen molar-refractivity contribution in [3.8, 4) is 0 Å². The Morgan fingerprint density at radius 1 is 1.00 bits per heavy atom. The normalized spacial score (nSPS) is 11.1. The van der Waals surface area contributed by atoms with Gasteiger partial charge >= 0.3 is 0 Å². The number of carbonyl (C=O) groups is 1. The molecule has 1 nitrogen and oxygen atoms in total. The van der Waals surface area contributed by atoms with Crippen LogP contribution in [0, 0.1) is 0 Å². The Kier molecular flexibility index (Phi) is 2.23. The van der Waals surface area contributed by atoms with Crippen molar-refractivity contribution in [2.75, 3.05) is 0 Å². The second kappa shape index (κ2) is 3.61. The molecule has 1 heterocycles. The minimum atomic E-state index is -0.172. The molecule has 1 aromatic heterocycles. The van der Waals surface area contributed by atoms with Gasteiger partial charge in [-0.1, -0.05) is 24.3 Å². The van der Waals surface area contributed by atoms with Gasteiger partial charge in [0.2, 0.25) is 5.12 Å². The molecule has 16 heavy (non-hydrogen) atoms. The first kappa shape index (κ1) is 9.87. The summed E-state index contributed by atoms with van der Waals surface area (Å²) in [5, 5.41) is 2.00. The van der Waals surface area contributed by atoms with Crippen molar-refractivity contribution in [2.45, 2.75) is 0 Å². The van der Waals surface area contributed by atoms with Crippen molar-refractivity contribution in [1.82, 2.24) is 0 Å². The Bertz CT molecular complexity index is 697. The summed E-state index contributed by atoms with van der Waals surface area (Å²) in [6.45, 7) is 0. The Morgan fingerprint density at radius 3 is 2.56 bits per heavy atom. The SMILES string of the molecule is O=C(S)c1cccc2sc3ccccc3c12. The zero-order valence-corrected chi connectivity index (χ0v) is 10.0. The van der Waals surface area contributed by atoms with Crippen molar-refractivity contribution < 1.29 is 4.79 Å². The molecule has 78 valence electrons. The van der Waals surface area contributed by atoms with E-state index in [1.165, 1.54) is 4.70 Å². The molecule has 0 saturated heterocycles. The molecule has 0 aliphatic rings. The van der Waals surface area contributed by atoms with Crippen molar-refractivity contribution in [2.24, 2.45) is 0 Å². The van der Waals surface area contributed by atoms with Crippen molar-refractivity contribution >= 4 is 49.3 Å². The van der Waals surface area contributed by atoms with Gasteiger partial charge in [0, 0.05) is 25.7 Å². The molecule has 0 radical (unpaired) electrons. The van der Waals surface area contributed by atoms with E-state index in [9.17, 15) is 4.79 Å². The molecule has 0 atom stereocenters. The first-order valence-electron chi connectivity index (χ1n) is 4.91. The summed E-state index contributed by atoms with van der Waals surface area (Å²) in [7, 11) is 0. The average molecular weight is 244 g/mol. The third kappa shape index (κ3) is 1.36. The molecule has 0 saturated carbocycles. The lowest BCUT2D eigenvalue weighted by molar-refractivity contribution is 0.109. The Labute approximate surface area is 102 Å². The van der Waals surface area contributed by atoms with Gasteiger partial charge in [0.25, 0.3) is 0 Å². The second-order valence-electron chi connectivity index (χ2n) is 3.58. The van der Waals surface area contributed by atoms with E-state index in [2.05, 4.69) is 18.7 Å². The van der Waals surface area contributed by atoms with Gasteiger partial charge in [0.05, 0.1) is 0 Å². The zero-order chi connectivity index (χ0) is 11.1. The fourth-order valence-electron chi connectivity index (χ4n) is 1.95. The molecule has 0 aliphatic carbocycles. The Morgan fingerprint density at radius 2 is 1.75 bits per heavy atom. The number of hydrogen-bond donors (Lipinski definition) is 1. The fraction of sp³-hybridized carbons (Fsp3) is 0. The van der Waals surface area contributed by atoms with Crippen LogP contribution in [0.2, 0.25) is 0 Å². The van der Waals surface area contributed by atoms with Gasteiger partial charge in [-0.25, -0.2) is 0 Å². The highest BCUT2D eigenvalue weighted by atomic mass is 32.1. The predicted molar refractivity (Wildman–Crippen MR) is 72.6 cm³/mol. The molecule has 0 amide bonds. The van der Waals surface area contributed by atoms with Crippen molar-refractivity contribution in [3.63, 3.8) is 0 Å². The van der Waals surface area contributed by atoms with E-state index >= 15 is 0 Å². The monoisotopic (exact) mass is 244 g/mol. The number of carbonyl (C=O) groups excluding carboxylic acids is 1. The van der Waals surface area contributed by atoms with E-state index in [4.69, 9.17) is 0 Å². The molecule has 3 rings (SSSR count). The summed E-state index contributed by atoms with van der Waals surface area (Å²) in [5.74, 6) is 0. The number of fused-ring (bicyclic) bond motifs is 3. The highest BCUT2D eigenvalue weighted by molar-refractivity contribution is 7.97. The van der Waals surface area contributed by atoms with Crippen LogP contribution in [0.4, 0.5) is 0 Å². The van der Waals surface area contributed by atoms with Crippen LogP contribution in [0.25, 0.3) is 20.2 Å². The van der Waals surface area contributed by atoms with Gasteiger partial charge in [0.1, 0.15) is 0 Å². The van der Waals surface area contributed by atoms with Crippen LogP contribution >= 0.6 is 24.0 Å². The highest BCUT2D eigenvalue weighted by Gasteiger charge is 2.11. The number of benzene rings is 2. The Balaban J connectivity index is 2.57. The van der Waals surface area contributed by atoms with Crippen molar-refractivity contribution in [3.05, 3.63) is 48.0 Å². The molecule has 2 aromatic carbocycles. The van der Waals surface area contributed by atoms with Crippen LogP contribution in [-0.4, -0.2) is 5.12 Å². The topological polar surface area (TPSA) is 17.1 Å². The largest absolute Gasteiger partial charge is 0.282 e. The van der Waals surface area contributed by atoms with E-state index in [1.54, 1.807) is 11.3 Å². The smallest absolute Gasteiger partial charge is 0.217 e. The number of thiol groups is 1. The van der Waals surface area contributed by atoms with Crippen LogP contribution in [0.15, 0.2) is 42.5 Å². The molecule has 3 aromatic rings. The van der Waals surface area contributed by atoms with Gasteiger partial charge in [-0.15, -0.1) is 24.0 Å². The molecule has 0 N–H and O–H groups in total. The third-order valence-corrected chi connectivity index (χ3v) is 4.01. The van der Waals surface area contributed by atoms with Crippen molar-refractivity contribution in [1.29, 1.82) is 0 Å². The summed E-state index contributed by atoms with van der Waals surface area (Å²) in [6, 6.07) is 13.9. The summed E-state index contributed by atoms with van der Waals surface area (Å²) >= 11 is 5.64.